The van der Waals surface area contributed by atoms with Crippen LogP contribution in [0.15, 0.2) is 78.9 Å². The zero-order chi connectivity index (χ0) is 18.9. The maximum atomic E-state index is 11.9. The molecule has 0 spiro atoms. The van der Waals surface area contributed by atoms with E-state index in [-0.39, 0.29) is 5.91 Å². The average Bonchev–Trinajstić information content (AvgIpc) is 2.69. The summed E-state index contributed by atoms with van der Waals surface area (Å²) >= 11 is 0. The number of rotatable bonds is 8. The Morgan fingerprint density at radius 3 is 2.44 bits per heavy atom. The highest BCUT2D eigenvalue weighted by atomic mass is 16.5. The van der Waals surface area contributed by atoms with E-state index in [0.29, 0.717) is 30.2 Å². The molecule has 0 aliphatic heterocycles. The molecule has 0 saturated carbocycles. The lowest BCUT2D eigenvalue weighted by Gasteiger charge is -2.13. The van der Waals surface area contributed by atoms with E-state index < -0.39 is 0 Å². The van der Waals surface area contributed by atoms with E-state index in [9.17, 15) is 4.79 Å². The lowest BCUT2D eigenvalue weighted by atomic mass is 10.2. The monoisotopic (exact) mass is 361 g/mol. The molecule has 27 heavy (non-hydrogen) atoms. The smallest absolute Gasteiger partial charge is 0.224 e. The number of carbonyl (C=O) groups is 1. The molecule has 1 amide bonds. The Labute approximate surface area is 159 Å². The second-order valence-corrected chi connectivity index (χ2v) is 6.15. The van der Waals surface area contributed by atoms with Gasteiger partial charge in [-0.3, -0.25) is 4.79 Å². The van der Waals surface area contributed by atoms with Crippen molar-refractivity contribution in [3.63, 3.8) is 0 Å². The van der Waals surface area contributed by atoms with Crippen LogP contribution in [-0.2, 0) is 11.4 Å². The van der Waals surface area contributed by atoms with Crippen LogP contribution in [0.4, 0.5) is 5.69 Å². The fourth-order valence-corrected chi connectivity index (χ4v) is 2.59. The van der Waals surface area contributed by atoms with Crippen molar-refractivity contribution in [2.75, 3.05) is 5.32 Å². The van der Waals surface area contributed by atoms with Crippen molar-refractivity contribution in [3.8, 4) is 17.2 Å². The van der Waals surface area contributed by atoms with Crippen LogP contribution < -0.4 is 14.8 Å². The van der Waals surface area contributed by atoms with Gasteiger partial charge in [-0.1, -0.05) is 55.5 Å². The van der Waals surface area contributed by atoms with Gasteiger partial charge in [0.2, 0.25) is 5.91 Å². The van der Waals surface area contributed by atoms with Gasteiger partial charge in [-0.25, -0.2) is 0 Å². The number of hydrogen-bond acceptors (Lipinski definition) is 3. The number of amides is 1. The van der Waals surface area contributed by atoms with Gasteiger partial charge in [0.1, 0.15) is 18.1 Å². The third-order valence-electron chi connectivity index (χ3n) is 3.92. The Kier molecular flexibility index (Phi) is 6.47. The summed E-state index contributed by atoms with van der Waals surface area (Å²) in [4.78, 5) is 11.9. The Balaban J connectivity index is 1.68. The quantitative estimate of drug-likeness (QED) is 0.552. The predicted octanol–water partition coefficient (Wildman–Crippen LogP) is 5.80. The summed E-state index contributed by atoms with van der Waals surface area (Å²) in [7, 11) is 0. The van der Waals surface area contributed by atoms with Crippen molar-refractivity contribution in [3.05, 3.63) is 84.4 Å². The molecule has 0 aliphatic rings. The third kappa shape index (κ3) is 5.61. The molecule has 0 aromatic heterocycles. The topological polar surface area (TPSA) is 47.6 Å². The van der Waals surface area contributed by atoms with E-state index in [1.54, 1.807) is 0 Å². The number of carbonyl (C=O) groups excluding carboxylic acids is 1. The molecule has 0 heterocycles. The first-order chi connectivity index (χ1) is 13.2. The minimum absolute atomic E-state index is 0.0199. The van der Waals surface area contributed by atoms with Gasteiger partial charge in [0, 0.05) is 12.5 Å². The number of anilines is 1. The van der Waals surface area contributed by atoms with Crippen molar-refractivity contribution >= 4 is 11.6 Å². The van der Waals surface area contributed by atoms with Crippen LogP contribution in [0.25, 0.3) is 0 Å². The van der Waals surface area contributed by atoms with E-state index >= 15 is 0 Å². The second kappa shape index (κ2) is 9.43. The molecule has 0 radical (unpaired) electrons. The first-order valence-electron chi connectivity index (χ1n) is 9.08. The van der Waals surface area contributed by atoms with Gasteiger partial charge in [0.05, 0.1) is 5.69 Å². The van der Waals surface area contributed by atoms with Crippen LogP contribution in [-0.4, -0.2) is 5.91 Å². The minimum Gasteiger partial charge on any atom is -0.489 e. The fraction of sp³-hybridized carbons (Fsp3) is 0.174. The summed E-state index contributed by atoms with van der Waals surface area (Å²) in [5.74, 6) is 1.96. The SMILES string of the molecule is CCCC(=O)Nc1ccccc1Oc1cccc(OCc2ccccc2)c1. The van der Waals surface area contributed by atoms with E-state index in [1.165, 1.54) is 0 Å². The van der Waals surface area contributed by atoms with Gasteiger partial charge in [0.25, 0.3) is 0 Å². The molecule has 4 nitrogen and oxygen atoms in total. The van der Waals surface area contributed by atoms with Gasteiger partial charge in [-0.2, -0.15) is 0 Å². The highest BCUT2D eigenvalue weighted by Crippen LogP contribution is 2.31. The van der Waals surface area contributed by atoms with Crippen molar-refractivity contribution in [2.45, 2.75) is 26.4 Å². The summed E-state index contributed by atoms with van der Waals surface area (Å²) in [6.45, 7) is 2.47. The second-order valence-electron chi connectivity index (χ2n) is 6.15. The first kappa shape index (κ1) is 18.5. The molecule has 0 unspecified atom stereocenters. The van der Waals surface area contributed by atoms with Crippen LogP contribution in [0.3, 0.4) is 0 Å². The maximum Gasteiger partial charge on any atom is 0.224 e. The van der Waals surface area contributed by atoms with Gasteiger partial charge < -0.3 is 14.8 Å². The van der Waals surface area contributed by atoms with Crippen LogP contribution in [0.2, 0.25) is 0 Å². The zero-order valence-electron chi connectivity index (χ0n) is 15.4. The largest absolute Gasteiger partial charge is 0.489 e. The zero-order valence-corrected chi connectivity index (χ0v) is 15.4. The fourth-order valence-electron chi connectivity index (χ4n) is 2.59. The van der Waals surface area contributed by atoms with Gasteiger partial charge >= 0.3 is 0 Å². The number of ether oxygens (including phenoxy) is 2. The molecule has 0 bridgehead atoms. The van der Waals surface area contributed by atoms with Crippen LogP contribution in [0.1, 0.15) is 25.3 Å². The highest BCUT2D eigenvalue weighted by Gasteiger charge is 2.08. The summed E-state index contributed by atoms with van der Waals surface area (Å²) in [6.07, 6.45) is 1.28. The lowest BCUT2D eigenvalue weighted by molar-refractivity contribution is -0.116. The Hall–Kier alpha value is -3.27. The van der Waals surface area contributed by atoms with Crippen molar-refractivity contribution in [1.82, 2.24) is 0 Å². The first-order valence-corrected chi connectivity index (χ1v) is 9.08. The standard InChI is InChI=1S/C23H23NO3/c1-2-9-23(25)24-21-14-6-7-15-22(21)27-20-13-8-12-19(16-20)26-17-18-10-4-3-5-11-18/h3-8,10-16H,2,9,17H2,1H3,(H,24,25). The summed E-state index contributed by atoms with van der Waals surface area (Å²) < 4.78 is 11.8. The van der Waals surface area contributed by atoms with Crippen LogP contribution >= 0.6 is 0 Å². The average molecular weight is 361 g/mol. The van der Waals surface area contributed by atoms with E-state index in [1.807, 2.05) is 85.8 Å². The molecule has 0 saturated heterocycles. The molecule has 0 atom stereocenters. The Morgan fingerprint density at radius 1 is 0.889 bits per heavy atom. The number of benzene rings is 3. The predicted molar refractivity (Wildman–Crippen MR) is 107 cm³/mol. The molecule has 138 valence electrons. The van der Waals surface area contributed by atoms with Gasteiger partial charge in [0.15, 0.2) is 5.75 Å². The summed E-state index contributed by atoms with van der Waals surface area (Å²) in [5, 5.41) is 2.90. The van der Waals surface area contributed by atoms with Crippen molar-refractivity contribution in [2.24, 2.45) is 0 Å². The number of para-hydroxylation sites is 2. The maximum absolute atomic E-state index is 11.9. The molecular formula is C23H23NO3. The van der Waals surface area contributed by atoms with Crippen molar-refractivity contribution < 1.29 is 14.3 Å². The summed E-state index contributed by atoms with van der Waals surface area (Å²) in [6, 6.07) is 24.9. The molecule has 1 N–H and O–H groups in total. The molecular weight excluding hydrogens is 338 g/mol. The number of hydrogen-bond donors (Lipinski definition) is 1. The van der Waals surface area contributed by atoms with E-state index in [4.69, 9.17) is 9.47 Å². The van der Waals surface area contributed by atoms with Crippen LogP contribution in [0, 0.1) is 0 Å². The highest BCUT2D eigenvalue weighted by molar-refractivity contribution is 5.92. The lowest BCUT2D eigenvalue weighted by Crippen LogP contribution is -2.11. The molecule has 3 aromatic carbocycles. The van der Waals surface area contributed by atoms with Gasteiger partial charge in [-0.15, -0.1) is 0 Å². The third-order valence-corrected chi connectivity index (χ3v) is 3.92. The number of nitrogens with one attached hydrogen (secondary N) is 1. The Bertz CT molecular complexity index is 878. The molecule has 0 fully saturated rings. The Morgan fingerprint density at radius 2 is 1.63 bits per heavy atom. The van der Waals surface area contributed by atoms with Crippen LogP contribution in [0.5, 0.6) is 17.2 Å². The summed E-state index contributed by atoms with van der Waals surface area (Å²) in [5.41, 5.74) is 1.76. The normalized spacial score (nSPS) is 10.3. The molecule has 3 aromatic rings. The minimum atomic E-state index is -0.0199. The van der Waals surface area contributed by atoms with Crippen molar-refractivity contribution in [1.29, 1.82) is 0 Å². The van der Waals surface area contributed by atoms with E-state index in [2.05, 4.69) is 5.32 Å². The molecule has 0 aliphatic carbocycles. The molecule has 4 heteroatoms. The van der Waals surface area contributed by atoms with Gasteiger partial charge in [-0.05, 0) is 36.2 Å². The molecule has 3 rings (SSSR count). The van der Waals surface area contributed by atoms with E-state index in [0.717, 1.165) is 17.7 Å².